The number of fused-ring (bicyclic) bond motifs is 1. The van der Waals surface area contributed by atoms with Gasteiger partial charge in [-0.3, -0.25) is 0 Å². The summed E-state index contributed by atoms with van der Waals surface area (Å²) in [6.07, 6.45) is 3.10. The predicted molar refractivity (Wildman–Crippen MR) is 64.7 cm³/mol. The Hall–Kier alpha value is -0.770. The average molecular weight is 241 g/mol. The summed E-state index contributed by atoms with van der Waals surface area (Å²) in [7, 11) is 0. The number of nitrogens with zero attached hydrogens (tertiary/aromatic N) is 1. The smallest absolute Gasteiger partial charge is 0.410 e. The standard InChI is InChI=1S/C13H23NO3/c1-12(2,3)17-11(16)14-7-10-5-4-6-13(10,8-14)9-15/h10,15H,4-9H2,1-3H3/t10-,13-/m1/s1. The summed E-state index contributed by atoms with van der Waals surface area (Å²) < 4.78 is 5.38. The second kappa shape index (κ2) is 4.16. The van der Waals surface area contributed by atoms with E-state index >= 15 is 0 Å². The van der Waals surface area contributed by atoms with Crippen molar-refractivity contribution in [3.63, 3.8) is 0 Å². The summed E-state index contributed by atoms with van der Waals surface area (Å²) in [6, 6.07) is 0. The van der Waals surface area contributed by atoms with Crippen molar-refractivity contribution in [3.8, 4) is 0 Å². The molecule has 1 aliphatic carbocycles. The molecule has 0 radical (unpaired) electrons. The van der Waals surface area contributed by atoms with Crippen LogP contribution in [0, 0.1) is 11.3 Å². The van der Waals surface area contributed by atoms with Gasteiger partial charge >= 0.3 is 6.09 Å². The Morgan fingerprint density at radius 3 is 2.76 bits per heavy atom. The van der Waals surface area contributed by atoms with Gasteiger partial charge in [0.2, 0.25) is 0 Å². The van der Waals surface area contributed by atoms with Gasteiger partial charge in [-0.25, -0.2) is 4.79 Å². The molecule has 2 rings (SSSR count). The first-order chi connectivity index (χ1) is 7.86. The minimum atomic E-state index is -0.443. The van der Waals surface area contributed by atoms with Crippen LogP contribution in [0.5, 0.6) is 0 Å². The molecule has 4 heteroatoms. The maximum Gasteiger partial charge on any atom is 0.410 e. The van der Waals surface area contributed by atoms with E-state index in [9.17, 15) is 9.90 Å². The van der Waals surface area contributed by atoms with Gasteiger partial charge in [-0.1, -0.05) is 6.42 Å². The van der Waals surface area contributed by atoms with Crippen LogP contribution in [-0.4, -0.2) is 41.4 Å². The lowest BCUT2D eigenvalue weighted by Gasteiger charge is -2.27. The third-order valence-electron chi connectivity index (χ3n) is 4.01. The predicted octanol–water partition coefficient (Wildman–Crippen LogP) is 2.02. The molecule has 2 fully saturated rings. The normalized spacial score (nSPS) is 32.7. The van der Waals surface area contributed by atoms with Gasteiger partial charge in [0.1, 0.15) is 5.60 Å². The Balaban J connectivity index is 2.00. The third kappa shape index (κ3) is 2.41. The van der Waals surface area contributed by atoms with E-state index in [-0.39, 0.29) is 18.1 Å². The van der Waals surface area contributed by atoms with Crippen LogP contribution >= 0.6 is 0 Å². The van der Waals surface area contributed by atoms with Crippen LogP contribution in [0.15, 0.2) is 0 Å². The van der Waals surface area contributed by atoms with Crippen molar-refractivity contribution < 1.29 is 14.6 Å². The highest BCUT2D eigenvalue weighted by Crippen LogP contribution is 2.48. The van der Waals surface area contributed by atoms with Crippen molar-refractivity contribution in [3.05, 3.63) is 0 Å². The number of carbonyl (C=O) groups excluding carboxylic acids is 1. The molecule has 4 nitrogen and oxygen atoms in total. The molecule has 1 N–H and O–H groups in total. The summed E-state index contributed by atoms with van der Waals surface area (Å²) in [5.74, 6) is 0.458. The van der Waals surface area contributed by atoms with Crippen molar-refractivity contribution >= 4 is 6.09 Å². The third-order valence-corrected chi connectivity index (χ3v) is 4.01. The number of aliphatic hydroxyl groups is 1. The minimum absolute atomic E-state index is 0.0447. The summed E-state index contributed by atoms with van der Waals surface area (Å²) in [6.45, 7) is 7.23. The van der Waals surface area contributed by atoms with Crippen LogP contribution < -0.4 is 0 Å². The van der Waals surface area contributed by atoms with E-state index in [1.807, 2.05) is 20.8 Å². The molecule has 0 aromatic carbocycles. The van der Waals surface area contributed by atoms with Crippen LogP contribution in [0.1, 0.15) is 40.0 Å². The first-order valence-electron chi connectivity index (χ1n) is 6.45. The summed E-state index contributed by atoms with van der Waals surface area (Å²) in [5.41, 5.74) is -0.488. The highest BCUT2D eigenvalue weighted by Gasteiger charge is 2.50. The topological polar surface area (TPSA) is 49.8 Å². The quantitative estimate of drug-likeness (QED) is 0.764. The molecule has 1 amide bonds. The highest BCUT2D eigenvalue weighted by molar-refractivity contribution is 5.68. The van der Waals surface area contributed by atoms with Gasteiger partial charge in [-0.2, -0.15) is 0 Å². The molecule has 2 atom stereocenters. The molecule has 1 aliphatic heterocycles. The van der Waals surface area contributed by atoms with Crippen molar-refractivity contribution in [2.75, 3.05) is 19.7 Å². The summed E-state index contributed by atoms with van der Waals surface area (Å²) >= 11 is 0. The van der Waals surface area contributed by atoms with Crippen LogP contribution in [0.4, 0.5) is 4.79 Å². The molecule has 0 bridgehead atoms. The average Bonchev–Trinajstić information content (AvgIpc) is 2.70. The minimum Gasteiger partial charge on any atom is -0.444 e. The molecule has 0 aromatic heterocycles. The first kappa shape index (κ1) is 12.7. The number of carbonyl (C=O) groups is 1. The molecule has 1 saturated heterocycles. The largest absolute Gasteiger partial charge is 0.444 e. The molecule has 0 spiro atoms. The number of likely N-dealkylation sites (tertiary alicyclic amines) is 1. The lowest BCUT2D eigenvalue weighted by atomic mass is 9.82. The zero-order valence-electron chi connectivity index (χ0n) is 11.0. The Bertz CT molecular complexity index is 310. The SMILES string of the molecule is CC(C)(C)OC(=O)N1C[C@H]2CCC[C@]2(CO)C1. The van der Waals surface area contributed by atoms with Gasteiger partial charge in [0.05, 0.1) is 6.61 Å². The zero-order chi connectivity index (χ0) is 12.7. The fourth-order valence-electron chi connectivity index (χ4n) is 3.14. The van der Waals surface area contributed by atoms with Gasteiger partial charge in [-0.05, 0) is 39.5 Å². The van der Waals surface area contributed by atoms with E-state index in [0.717, 1.165) is 19.4 Å². The molecule has 0 aromatic rings. The van der Waals surface area contributed by atoms with E-state index in [2.05, 4.69) is 0 Å². The van der Waals surface area contributed by atoms with Crippen molar-refractivity contribution in [2.45, 2.75) is 45.6 Å². The molecule has 17 heavy (non-hydrogen) atoms. The lowest BCUT2D eigenvalue weighted by Crippen LogP contribution is -2.37. The molecule has 2 aliphatic rings. The molecular formula is C13H23NO3. The Morgan fingerprint density at radius 2 is 2.24 bits per heavy atom. The second-order valence-corrected chi connectivity index (χ2v) is 6.47. The van der Waals surface area contributed by atoms with Crippen molar-refractivity contribution in [2.24, 2.45) is 11.3 Å². The number of ether oxygens (including phenoxy) is 1. The van der Waals surface area contributed by atoms with E-state index in [0.29, 0.717) is 12.5 Å². The first-order valence-corrected chi connectivity index (χ1v) is 6.45. The lowest BCUT2D eigenvalue weighted by molar-refractivity contribution is 0.0251. The zero-order valence-corrected chi connectivity index (χ0v) is 11.0. The van der Waals surface area contributed by atoms with E-state index in [4.69, 9.17) is 4.74 Å². The molecule has 0 unspecified atom stereocenters. The van der Waals surface area contributed by atoms with Gasteiger partial charge in [0, 0.05) is 18.5 Å². The van der Waals surface area contributed by atoms with Crippen LogP contribution in [0.3, 0.4) is 0 Å². The van der Waals surface area contributed by atoms with Crippen LogP contribution in [0.2, 0.25) is 0 Å². The molecule has 1 saturated carbocycles. The maximum absolute atomic E-state index is 12.0. The number of hydrogen-bond donors (Lipinski definition) is 1. The van der Waals surface area contributed by atoms with Gasteiger partial charge in [-0.15, -0.1) is 0 Å². The highest BCUT2D eigenvalue weighted by atomic mass is 16.6. The Morgan fingerprint density at radius 1 is 1.53 bits per heavy atom. The summed E-state index contributed by atoms with van der Waals surface area (Å²) in [5, 5.41) is 9.58. The molecule has 98 valence electrons. The fraction of sp³-hybridized carbons (Fsp3) is 0.923. The maximum atomic E-state index is 12.0. The van der Waals surface area contributed by atoms with E-state index in [1.54, 1.807) is 4.90 Å². The van der Waals surface area contributed by atoms with Crippen molar-refractivity contribution in [1.82, 2.24) is 4.90 Å². The number of aliphatic hydroxyl groups excluding tert-OH is 1. The monoisotopic (exact) mass is 241 g/mol. The Kier molecular flexibility index (Phi) is 3.10. The molecular weight excluding hydrogens is 218 g/mol. The number of amides is 1. The summed E-state index contributed by atoms with van der Waals surface area (Å²) in [4.78, 5) is 13.7. The van der Waals surface area contributed by atoms with Gasteiger partial charge in [0.25, 0.3) is 0 Å². The van der Waals surface area contributed by atoms with Crippen LogP contribution in [0.25, 0.3) is 0 Å². The second-order valence-electron chi connectivity index (χ2n) is 6.47. The fourth-order valence-corrected chi connectivity index (χ4v) is 3.14. The Labute approximate surface area is 103 Å². The van der Waals surface area contributed by atoms with Gasteiger partial charge < -0.3 is 14.7 Å². The van der Waals surface area contributed by atoms with Crippen LogP contribution in [-0.2, 0) is 4.74 Å². The molecule has 1 heterocycles. The number of rotatable bonds is 1. The van der Waals surface area contributed by atoms with E-state index < -0.39 is 5.60 Å². The van der Waals surface area contributed by atoms with E-state index in [1.165, 1.54) is 6.42 Å². The van der Waals surface area contributed by atoms with Crippen molar-refractivity contribution in [1.29, 1.82) is 0 Å². The van der Waals surface area contributed by atoms with Gasteiger partial charge in [0.15, 0.2) is 0 Å². The number of hydrogen-bond acceptors (Lipinski definition) is 3.